The van der Waals surface area contributed by atoms with Crippen LogP contribution in [0.25, 0.3) is 44.8 Å². The highest BCUT2D eigenvalue weighted by Gasteiger charge is 2.48. The van der Waals surface area contributed by atoms with Crippen molar-refractivity contribution in [2.75, 3.05) is 9.80 Å². The molecule has 0 unspecified atom stereocenters. The normalized spacial score (nSPS) is 13.6. The predicted octanol–water partition coefficient (Wildman–Crippen LogP) is 21.5. The maximum absolute atomic E-state index is 4.00. The van der Waals surface area contributed by atoms with Gasteiger partial charge in [-0.3, -0.25) is 0 Å². The first-order valence-corrected chi connectivity index (χ1v) is 28.5. The van der Waals surface area contributed by atoms with E-state index < -0.39 is 5.41 Å². The van der Waals surface area contributed by atoms with E-state index in [0.29, 0.717) is 0 Å². The van der Waals surface area contributed by atoms with Crippen molar-refractivity contribution >= 4 is 67.8 Å². The monoisotopic (exact) mass is 1040 g/mol. The van der Waals surface area contributed by atoms with Crippen molar-refractivity contribution in [3.05, 3.63) is 336 Å². The molecule has 0 spiro atoms. The predicted molar refractivity (Wildman–Crippen MR) is 346 cm³/mol. The molecule has 0 fully saturated rings. The van der Waals surface area contributed by atoms with E-state index in [2.05, 4.69) is 318 Å². The van der Waals surface area contributed by atoms with Crippen molar-refractivity contribution in [1.29, 1.82) is 0 Å². The Labute approximate surface area is 478 Å². The molecule has 81 heavy (non-hydrogen) atoms. The number of rotatable bonds is 14. The summed E-state index contributed by atoms with van der Waals surface area (Å²) in [7, 11) is 0. The number of hydrogen-bond donors (Lipinski definition) is 0. The zero-order valence-electron chi connectivity index (χ0n) is 46.8. The molecule has 11 aromatic carbocycles. The fraction of sp³-hybridized carbons (Fsp3) is 0.114. The van der Waals surface area contributed by atoms with E-state index >= 15 is 0 Å². The average molecular weight is 1040 g/mol. The fourth-order valence-corrected chi connectivity index (χ4v) is 13.1. The minimum atomic E-state index is -0.659. The molecule has 0 saturated heterocycles. The summed E-state index contributed by atoms with van der Waals surface area (Å²) in [6, 6.07) is 92.9. The molecule has 0 bridgehead atoms. The van der Waals surface area contributed by atoms with Gasteiger partial charge in [0.25, 0.3) is 0 Å². The molecule has 0 saturated carbocycles. The third-order valence-corrected chi connectivity index (χ3v) is 17.7. The number of anilines is 6. The van der Waals surface area contributed by atoms with Gasteiger partial charge in [0.2, 0.25) is 0 Å². The highest BCUT2D eigenvalue weighted by atomic mass is 15.2. The molecule has 0 aromatic heterocycles. The minimum Gasteiger partial charge on any atom is -0.310 e. The van der Waals surface area contributed by atoms with Crippen molar-refractivity contribution in [3.8, 4) is 11.1 Å². The molecule has 11 aromatic rings. The van der Waals surface area contributed by atoms with Crippen LogP contribution in [0.3, 0.4) is 0 Å². The number of fused-ring (bicyclic) bond motifs is 5. The van der Waals surface area contributed by atoms with Gasteiger partial charge < -0.3 is 9.80 Å². The molecule has 0 aliphatic heterocycles. The van der Waals surface area contributed by atoms with Crippen molar-refractivity contribution in [1.82, 2.24) is 0 Å². The number of allylic oxidation sites excluding steroid dienone is 4. The zero-order chi connectivity index (χ0) is 55.3. The second-order valence-corrected chi connectivity index (χ2v) is 22.9. The maximum atomic E-state index is 4.00. The molecule has 0 amide bonds. The van der Waals surface area contributed by atoms with Gasteiger partial charge in [0.1, 0.15) is 0 Å². The third-order valence-electron chi connectivity index (χ3n) is 17.7. The summed E-state index contributed by atoms with van der Waals surface area (Å²) in [6.45, 7) is 17.3. The van der Waals surface area contributed by atoms with Crippen molar-refractivity contribution in [3.63, 3.8) is 0 Å². The smallest absolute Gasteiger partial charge is 0.0711 e. The summed E-state index contributed by atoms with van der Waals surface area (Å²) in [5.74, 6) is 0. The first-order valence-electron chi connectivity index (χ1n) is 28.5. The second-order valence-electron chi connectivity index (χ2n) is 22.9. The lowest BCUT2D eigenvalue weighted by Crippen LogP contribution is -2.30. The maximum Gasteiger partial charge on any atom is 0.0711 e. The van der Waals surface area contributed by atoms with Crippen LogP contribution < -0.4 is 9.80 Å². The Kier molecular flexibility index (Phi) is 13.0. The van der Waals surface area contributed by atoms with E-state index in [4.69, 9.17) is 0 Å². The lowest BCUT2D eigenvalue weighted by atomic mass is 9.66. The number of benzene rings is 11. The first-order chi connectivity index (χ1) is 39.6. The largest absolute Gasteiger partial charge is 0.310 e. The van der Waals surface area contributed by atoms with Gasteiger partial charge in [-0.05, 0) is 151 Å². The Hall–Kier alpha value is -9.50. The molecular weight excluding hydrogens is 977 g/mol. The molecule has 13 rings (SSSR count). The van der Waals surface area contributed by atoms with Gasteiger partial charge in [0.15, 0.2) is 0 Å². The third kappa shape index (κ3) is 8.74. The van der Waals surface area contributed by atoms with Gasteiger partial charge >= 0.3 is 0 Å². The van der Waals surface area contributed by atoms with Crippen LogP contribution in [0.15, 0.2) is 286 Å². The van der Waals surface area contributed by atoms with E-state index in [0.717, 1.165) is 58.1 Å². The van der Waals surface area contributed by atoms with Crippen molar-refractivity contribution in [2.24, 2.45) is 0 Å². The van der Waals surface area contributed by atoms with Crippen LogP contribution in [0.2, 0.25) is 0 Å². The van der Waals surface area contributed by atoms with Crippen LogP contribution in [-0.4, -0.2) is 0 Å². The highest BCUT2D eigenvalue weighted by Crippen LogP contribution is 2.60. The Morgan fingerprint density at radius 1 is 0.395 bits per heavy atom. The zero-order valence-corrected chi connectivity index (χ0v) is 46.8. The molecule has 0 atom stereocenters. The highest BCUT2D eigenvalue weighted by molar-refractivity contribution is 6.02. The summed E-state index contributed by atoms with van der Waals surface area (Å²) >= 11 is 0. The Balaban J connectivity index is 1.00. The Bertz CT molecular complexity index is 3980. The number of hydrogen-bond acceptors (Lipinski definition) is 2. The summed E-state index contributed by atoms with van der Waals surface area (Å²) in [5.41, 5.74) is 20.4. The van der Waals surface area contributed by atoms with Crippen LogP contribution in [0.1, 0.15) is 90.6 Å². The van der Waals surface area contributed by atoms with Crippen LogP contribution in [0.5, 0.6) is 0 Å². The summed E-state index contributed by atoms with van der Waals surface area (Å²) < 4.78 is 0. The Morgan fingerprint density at radius 2 is 0.790 bits per heavy atom. The second kappa shape index (κ2) is 20.6. The van der Waals surface area contributed by atoms with Gasteiger partial charge in [0, 0.05) is 44.4 Å². The summed E-state index contributed by atoms with van der Waals surface area (Å²) in [4.78, 5) is 4.97. The quantitative estimate of drug-likeness (QED) is 0.107. The average Bonchev–Trinajstić information content (AvgIpc) is 4.07. The van der Waals surface area contributed by atoms with E-state index in [1.54, 1.807) is 0 Å². The lowest BCUT2D eigenvalue weighted by molar-refractivity contribution is 0.641. The van der Waals surface area contributed by atoms with Crippen LogP contribution in [-0.2, 0) is 16.2 Å². The van der Waals surface area contributed by atoms with E-state index in [9.17, 15) is 0 Å². The molecule has 392 valence electrons. The molecule has 0 heterocycles. The molecule has 2 aliphatic carbocycles. The van der Waals surface area contributed by atoms with Crippen LogP contribution >= 0.6 is 0 Å². The van der Waals surface area contributed by atoms with Gasteiger partial charge in [0.05, 0.1) is 16.8 Å². The lowest BCUT2D eigenvalue weighted by Gasteiger charge is -2.37. The van der Waals surface area contributed by atoms with E-state index in [-0.39, 0.29) is 10.8 Å². The van der Waals surface area contributed by atoms with Gasteiger partial charge in [-0.2, -0.15) is 0 Å². The Morgan fingerprint density at radius 3 is 1.21 bits per heavy atom. The van der Waals surface area contributed by atoms with Crippen molar-refractivity contribution < 1.29 is 0 Å². The van der Waals surface area contributed by atoms with Crippen LogP contribution in [0.4, 0.5) is 34.1 Å². The molecule has 0 radical (unpaired) electrons. The van der Waals surface area contributed by atoms with Gasteiger partial charge in [-0.15, -0.1) is 0 Å². The van der Waals surface area contributed by atoms with Gasteiger partial charge in [-0.1, -0.05) is 259 Å². The van der Waals surface area contributed by atoms with Gasteiger partial charge in [-0.25, -0.2) is 0 Å². The van der Waals surface area contributed by atoms with E-state index in [1.807, 2.05) is 12.2 Å². The minimum absolute atomic E-state index is 0.223. The van der Waals surface area contributed by atoms with E-state index in [1.165, 1.54) is 77.2 Å². The molecular formula is C79H66N2. The standard InChI is InChI=1S/C79H66N2/c1-7-55-33-37-59(38-34-55)77(3,4)61-41-45-65(46-42-61)80(75-31-19-23-57-21-15-17-29-69(57)75)67-49-51-71-72-52-50-68(54-74(72)79(73(71)53-67,63-25-11-9-12-26-63)64-27-13-10-14-28-64)81(76-32-20-24-58-22-16-18-30-70(58)76)66-47-43-62(44-48-66)78(5,6)60-39-35-56(8-2)36-40-60/h7-9,11-13,15-54H,1-2,10,14H2,3-6H3. The summed E-state index contributed by atoms with van der Waals surface area (Å²) in [6.07, 6.45) is 13.1. The SMILES string of the molecule is C=Cc1ccc(C(C)(C)c2ccc(N(c3ccc4c(c3)C(C3=CCCC=C3)(c3ccccc3)c3cc(N(c5ccc(C(C)(C)c6ccc(C=C)cc6)cc5)c5cccc6ccccc56)ccc3-4)c3cccc4ccccc34)cc2)cc1. The molecule has 2 nitrogen and oxygen atoms in total. The first kappa shape index (κ1) is 51.0. The topological polar surface area (TPSA) is 6.48 Å². The summed E-state index contributed by atoms with van der Waals surface area (Å²) in [5, 5.41) is 4.79. The molecule has 2 aliphatic rings. The molecule has 0 N–H and O–H groups in total. The van der Waals surface area contributed by atoms with Crippen molar-refractivity contribution in [2.45, 2.75) is 56.8 Å². The molecule has 2 heteroatoms. The number of nitrogens with zero attached hydrogens (tertiary/aromatic N) is 2. The van der Waals surface area contributed by atoms with Crippen LogP contribution in [0, 0.1) is 0 Å². The fourth-order valence-electron chi connectivity index (χ4n) is 13.1.